The Bertz CT molecular complexity index is 662. The summed E-state index contributed by atoms with van der Waals surface area (Å²) in [4.78, 5) is 27.2. The molecule has 2 aromatic heterocycles. The maximum Gasteiger partial charge on any atom is 0.356 e. The average molecular weight is 303 g/mol. The number of hydrogen-bond donors (Lipinski definition) is 1. The van der Waals surface area contributed by atoms with Crippen LogP contribution in [0.15, 0.2) is 28.9 Å². The summed E-state index contributed by atoms with van der Waals surface area (Å²) in [5, 5.41) is 6.45. The van der Waals surface area contributed by atoms with Crippen LogP contribution in [0.3, 0.4) is 0 Å². The summed E-state index contributed by atoms with van der Waals surface area (Å²) in [7, 11) is 1.29. The summed E-state index contributed by atoms with van der Waals surface area (Å²) < 4.78 is 9.64. The van der Waals surface area contributed by atoms with Crippen molar-refractivity contribution in [2.75, 3.05) is 7.11 Å². The zero-order chi connectivity index (χ0) is 16.1. The van der Waals surface area contributed by atoms with Crippen LogP contribution < -0.4 is 5.32 Å². The van der Waals surface area contributed by atoms with Crippen LogP contribution in [-0.2, 0) is 11.3 Å². The zero-order valence-corrected chi connectivity index (χ0v) is 12.6. The molecule has 0 aliphatic heterocycles. The highest BCUT2D eigenvalue weighted by Gasteiger charge is 2.14. The van der Waals surface area contributed by atoms with Gasteiger partial charge in [-0.3, -0.25) is 4.79 Å². The molecule has 7 nitrogen and oxygen atoms in total. The Morgan fingerprint density at radius 2 is 2.09 bits per heavy atom. The number of rotatable bonds is 5. The van der Waals surface area contributed by atoms with E-state index in [0.717, 1.165) is 5.56 Å². The minimum absolute atomic E-state index is 0.170. The van der Waals surface area contributed by atoms with Gasteiger partial charge in [-0.1, -0.05) is 25.1 Å². The average Bonchev–Trinajstić information content (AvgIpc) is 3.02. The van der Waals surface area contributed by atoms with Crippen LogP contribution >= 0.6 is 0 Å². The Morgan fingerprint density at radius 1 is 1.32 bits per heavy atom. The third-order valence-corrected chi connectivity index (χ3v) is 3.00. The lowest BCUT2D eigenvalue weighted by Crippen LogP contribution is -2.23. The predicted octanol–water partition coefficient (Wildman–Crippen LogP) is 1.91. The molecule has 0 aromatic carbocycles. The molecule has 0 saturated heterocycles. The third kappa shape index (κ3) is 3.69. The van der Waals surface area contributed by atoms with Crippen molar-refractivity contribution in [1.29, 1.82) is 0 Å². The van der Waals surface area contributed by atoms with Crippen LogP contribution in [0.5, 0.6) is 0 Å². The topological polar surface area (TPSA) is 94.3 Å². The minimum Gasteiger partial charge on any atom is -0.464 e. The molecule has 0 spiro atoms. The zero-order valence-electron chi connectivity index (χ0n) is 12.6. The first-order valence-electron chi connectivity index (χ1n) is 6.79. The van der Waals surface area contributed by atoms with Crippen LogP contribution in [0.4, 0.5) is 0 Å². The van der Waals surface area contributed by atoms with Crippen LogP contribution in [0, 0.1) is 0 Å². The number of carbonyl (C=O) groups is 2. The third-order valence-electron chi connectivity index (χ3n) is 3.00. The van der Waals surface area contributed by atoms with Crippen molar-refractivity contribution in [3.8, 4) is 0 Å². The molecular formula is C15H17N3O4. The van der Waals surface area contributed by atoms with Gasteiger partial charge in [0.1, 0.15) is 11.5 Å². The van der Waals surface area contributed by atoms with Crippen molar-refractivity contribution in [3.05, 3.63) is 47.1 Å². The molecule has 1 N–H and O–H groups in total. The largest absolute Gasteiger partial charge is 0.464 e. The van der Waals surface area contributed by atoms with Crippen molar-refractivity contribution in [3.63, 3.8) is 0 Å². The van der Waals surface area contributed by atoms with Crippen molar-refractivity contribution >= 4 is 11.9 Å². The van der Waals surface area contributed by atoms with E-state index in [1.807, 2.05) is 13.8 Å². The molecule has 1 amide bonds. The number of carbonyl (C=O) groups excluding carboxylic acids is 2. The highest BCUT2D eigenvalue weighted by Crippen LogP contribution is 2.15. The van der Waals surface area contributed by atoms with E-state index >= 15 is 0 Å². The van der Waals surface area contributed by atoms with Gasteiger partial charge in [0.15, 0.2) is 5.69 Å². The summed E-state index contributed by atoms with van der Waals surface area (Å²) in [5.74, 6) is 0.00505. The fraction of sp³-hybridized carbons (Fsp3) is 0.333. The molecule has 2 rings (SSSR count). The second-order valence-electron chi connectivity index (χ2n) is 5.00. The number of esters is 1. The molecule has 0 bridgehead atoms. The summed E-state index contributed by atoms with van der Waals surface area (Å²) in [6, 6.07) is 4.86. The van der Waals surface area contributed by atoms with E-state index in [-0.39, 0.29) is 29.8 Å². The molecule has 0 unspecified atom stereocenters. The Balaban J connectivity index is 1.94. The van der Waals surface area contributed by atoms with Gasteiger partial charge in [-0.2, -0.15) is 0 Å². The van der Waals surface area contributed by atoms with Gasteiger partial charge in [-0.05, 0) is 11.6 Å². The fourth-order valence-corrected chi connectivity index (χ4v) is 1.70. The number of nitrogens with zero attached hydrogens (tertiary/aromatic N) is 2. The Hall–Kier alpha value is -2.70. The lowest BCUT2D eigenvalue weighted by Gasteiger charge is -2.03. The quantitative estimate of drug-likeness (QED) is 0.848. The van der Waals surface area contributed by atoms with Crippen LogP contribution in [0.25, 0.3) is 0 Å². The maximum atomic E-state index is 11.9. The number of aromatic nitrogens is 2. The normalized spacial score (nSPS) is 10.5. The van der Waals surface area contributed by atoms with Gasteiger partial charge in [0.05, 0.1) is 7.11 Å². The van der Waals surface area contributed by atoms with Gasteiger partial charge in [0.2, 0.25) is 0 Å². The molecule has 0 radical (unpaired) electrons. The maximum absolute atomic E-state index is 11.9. The summed E-state index contributed by atoms with van der Waals surface area (Å²) in [6.45, 7) is 4.19. The van der Waals surface area contributed by atoms with E-state index in [1.165, 1.54) is 13.3 Å². The molecule has 116 valence electrons. The molecule has 0 aliphatic rings. The lowest BCUT2D eigenvalue weighted by molar-refractivity contribution is 0.0593. The van der Waals surface area contributed by atoms with Crippen LogP contribution in [0.2, 0.25) is 0 Å². The van der Waals surface area contributed by atoms with Crippen molar-refractivity contribution in [2.45, 2.75) is 26.3 Å². The molecule has 0 fully saturated rings. The van der Waals surface area contributed by atoms with Crippen molar-refractivity contribution in [2.24, 2.45) is 0 Å². The highest BCUT2D eigenvalue weighted by molar-refractivity contribution is 5.92. The van der Waals surface area contributed by atoms with E-state index in [9.17, 15) is 9.59 Å². The fourth-order valence-electron chi connectivity index (χ4n) is 1.70. The molecule has 2 aromatic rings. The molecule has 0 aliphatic carbocycles. The van der Waals surface area contributed by atoms with E-state index < -0.39 is 5.97 Å². The Labute approximate surface area is 127 Å². The standard InChI is InChI=1S/C15H17N3O4/c1-9(2)13-6-12(18-22-13)14(19)17-8-10-4-5-11(16-7-10)15(20)21-3/h4-7,9H,8H2,1-3H3,(H,17,19). The SMILES string of the molecule is COC(=O)c1ccc(CNC(=O)c2cc(C(C)C)on2)cn1. The predicted molar refractivity (Wildman–Crippen MR) is 77.3 cm³/mol. The van der Waals surface area contributed by atoms with E-state index in [2.05, 4.69) is 20.2 Å². The van der Waals surface area contributed by atoms with Gasteiger partial charge >= 0.3 is 5.97 Å². The summed E-state index contributed by atoms with van der Waals surface area (Å²) >= 11 is 0. The Morgan fingerprint density at radius 3 is 2.64 bits per heavy atom. The van der Waals surface area contributed by atoms with Gasteiger partial charge in [0.25, 0.3) is 5.91 Å². The number of nitrogens with one attached hydrogen (secondary N) is 1. The number of pyridine rings is 1. The first-order valence-corrected chi connectivity index (χ1v) is 6.79. The first kappa shape index (κ1) is 15.7. The second kappa shape index (κ2) is 6.84. The van der Waals surface area contributed by atoms with Crippen molar-refractivity contribution < 1.29 is 18.8 Å². The van der Waals surface area contributed by atoms with Gasteiger partial charge in [-0.25, -0.2) is 9.78 Å². The number of methoxy groups -OCH3 is 1. The number of ether oxygens (including phenoxy) is 1. The smallest absolute Gasteiger partial charge is 0.356 e. The number of amides is 1. The molecular weight excluding hydrogens is 286 g/mol. The molecule has 2 heterocycles. The van der Waals surface area contributed by atoms with Gasteiger partial charge < -0.3 is 14.6 Å². The molecule has 22 heavy (non-hydrogen) atoms. The highest BCUT2D eigenvalue weighted by atomic mass is 16.5. The second-order valence-corrected chi connectivity index (χ2v) is 5.00. The first-order chi connectivity index (χ1) is 10.5. The summed E-state index contributed by atoms with van der Waals surface area (Å²) in [5.41, 5.74) is 1.21. The van der Waals surface area contributed by atoms with Crippen molar-refractivity contribution in [1.82, 2.24) is 15.5 Å². The minimum atomic E-state index is -0.501. The van der Waals surface area contributed by atoms with Crippen LogP contribution in [-0.4, -0.2) is 29.1 Å². The molecule has 7 heteroatoms. The summed E-state index contributed by atoms with van der Waals surface area (Å²) in [6.07, 6.45) is 1.51. The van der Waals surface area contributed by atoms with E-state index in [0.29, 0.717) is 5.76 Å². The number of hydrogen-bond acceptors (Lipinski definition) is 6. The molecule has 0 saturated carbocycles. The monoisotopic (exact) mass is 303 g/mol. The van der Waals surface area contributed by atoms with E-state index in [4.69, 9.17) is 4.52 Å². The Kier molecular flexibility index (Phi) is 4.88. The van der Waals surface area contributed by atoms with Gasteiger partial charge in [-0.15, -0.1) is 0 Å². The van der Waals surface area contributed by atoms with Gasteiger partial charge in [0, 0.05) is 24.7 Å². The lowest BCUT2D eigenvalue weighted by atomic mass is 10.1. The van der Waals surface area contributed by atoms with Crippen LogP contribution in [0.1, 0.15) is 52.1 Å². The van der Waals surface area contributed by atoms with E-state index in [1.54, 1.807) is 18.2 Å². The molecule has 0 atom stereocenters.